The zero-order valence-corrected chi connectivity index (χ0v) is 21.5. The van der Waals surface area contributed by atoms with Crippen LogP contribution in [0.25, 0.3) is 0 Å². The van der Waals surface area contributed by atoms with Gasteiger partial charge < -0.3 is 10.2 Å². The fourth-order valence-corrected chi connectivity index (χ4v) is 5.39. The van der Waals surface area contributed by atoms with E-state index in [0.29, 0.717) is 6.42 Å². The Morgan fingerprint density at radius 2 is 1.53 bits per heavy atom. The lowest BCUT2D eigenvalue weighted by Crippen LogP contribution is -2.48. The van der Waals surface area contributed by atoms with Gasteiger partial charge in [-0.1, -0.05) is 98.8 Å². The normalized spacial score (nSPS) is 18.9. The number of benzene rings is 3. The molecule has 4 nitrogen and oxygen atoms in total. The van der Waals surface area contributed by atoms with E-state index in [4.69, 9.17) is 0 Å². The van der Waals surface area contributed by atoms with Gasteiger partial charge in [-0.15, -0.1) is 0 Å². The number of aliphatic hydroxyl groups is 2. The third-order valence-electron chi connectivity index (χ3n) is 7.67. The number of rotatable bonds is 10. The van der Waals surface area contributed by atoms with Gasteiger partial charge in [-0.25, -0.2) is 0 Å². The van der Waals surface area contributed by atoms with E-state index in [1.165, 1.54) is 11.1 Å². The van der Waals surface area contributed by atoms with Crippen LogP contribution >= 0.6 is 0 Å². The third-order valence-corrected chi connectivity index (χ3v) is 7.67. The molecule has 0 aromatic heterocycles. The van der Waals surface area contributed by atoms with E-state index in [1.807, 2.05) is 50.2 Å². The Labute approximate surface area is 215 Å². The molecule has 3 aromatic carbocycles. The second-order valence-electron chi connectivity index (χ2n) is 10.7. The van der Waals surface area contributed by atoms with Gasteiger partial charge in [-0.05, 0) is 42.5 Å². The first kappa shape index (κ1) is 26.3. The van der Waals surface area contributed by atoms with Gasteiger partial charge in [-0.2, -0.15) is 0 Å². The summed E-state index contributed by atoms with van der Waals surface area (Å²) in [6.07, 6.45) is 2.47. The number of aliphatic hydroxyl groups excluding tert-OH is 2. The second kappa shape index (κ2) is 12.0. The van der Waals surface area contributed by atoms with Gasteiger partial charge in [0.1, 0.15) is 0 Å². The molecule has 0 spiro atoms. The molecule has 3 aromatic rings. The van der Waals surface area contributed by atoms with Crippen LogP contribution in [0, 0.1) is 0 Å². The molecule has 2 N–H and O–H groups in total. The predicted octanol–water partition coefficient (Wildman–Crippen LogP) is 5.58. The molecule has 2 unspecified atom stereocenters. The molecule has 0 saturated carbocycles. The highest BCUT2D eigenvalue weighted by atomic mass is 16.3. The van der Waals surface area contributed by atoms with Crippen molar-refractivity contribution in [2.75, 3.05) is 19.7 Å². The zero-order chi connectivity index (χ0) is 25.5. The molecule has 1 aliphatic rings. The molecule has 0 radical (unpaired) electrons. The van der Waals surface area contributed by atoms with Gasteiger partial charge in [0.15, 0.2) is 5.78 Å². The molecule has 0 aliphatic carbocycles. The summed E-state index contributed by atoms with van der Waals surface area (Å²) >= 11 is 0. The van der Waals surface area contributed by atoms with Gasteiger partial charge in [0.25, 0.3) is 0 Å². The van der Waals surface area contributed by atoms with Crippen molar-refractivity contribution in [3.8, 4) is 0 Å². The summed E-state index contributed by atoms with van der Waals surface area (Å²) in [7, 11) is 0. The third kappa shape index (κ3) is 6.31. The lowest BCUT2D eigenvalue weighted by Gasteiger charge is -2.42. The Bertz CT molecular complexity index is 1060. The number of carbonyl (C=O) groups excluding carboxylic acids is 1. The van der Waals surface area contributed by atoms with E-state index in [1.54, 1.807) is 0 Å². The predicted molar refractivity (Wildman–Crippen MR) is 145 cm³/mol. The summed E-state index contributed by atoms with van der Waals surface area (Å²) in [5.41, 5.74) is 3.96. The van der Waals surface area contributed by atoms with Gasteiger partial charge in [0, 0.05) is 35.9 Å². The number of Topliss-reactive ketones (excluding diaryl/α,β-unsaturated/α-hetero) is 1. The molecular weight excluding hydrogens is 446 g/mol. The molecule has 0 amide bonds. The van der Waals surface area contributed by atoms with Crippen molar-refractivity contribution < 1.29 is 15.0 Å². The van der Waals surface area contributed by atoms with Crippen molar-refractivity contribution in [2.24, 2.45) is 0 Å². The van der Waals surface area contributed by atoms with E-state index in [2.05, 4.69) is 53.4 Å². The Morgan fingerprint density at radius 1 is 0.944 bits per heavy atom. The number of nitrogens with zero attached hydrogens (tertiary/aromatic N) is 1. The van der Waals surface area contributed by atoms with E-state index in [9.17, 15) is 15.0 Å². The van der Waals surface area contributed by atoms with Crippen molar-refractivity contribution in [3.05, 3.63) is 107 Å². The van der Waals surface area contributed by atoms with Crippen LogP contribution in [0.2, 0.25) is 0 Å². The maximum atomic E-state index is 12.9. The molecule has 1 saturated heterocycles. The lowest BCUT2D eigenvalue weighted by molar-refractivity contribution is 0.0341. The summed E-state index contributed by atoms with van der Waals surface area (Å²) in [6.45, 7) is 5.72. The van der Waals surface area contributed by atoms with Crippen LogP contribution < -0.4 is 0 Å². The van der Waals surface area contributed by atoms with Crippen LogP contribution in [0.3, 0.4) is 0 Å². The van der Waals surface area contributed by atoms with Crippen LogP contribution in [0.4, 0.5) is 0 Å². The Hall–Kier alpha value is -2.79. The number of carbonyl (C=O) groups is 1. The first-order chi connectivity index (χ1) is 17.4. The maximum Gasteiger partial charge on any atom is 0.162 e. The molecule has 2 atom stereocenters. The first-order valence-electron chi connectivity index (χ1n) is 13.2. The highest BCUT2D eigenvalue weighted by molar-refractivity contribution is 5.96. The molecule has 0 bridgehead atoms. The first-order valence-corrected chi connectivity index (χ1v) is 13.2. The highest BCUT2D eigenvalue weighted by Gasteiger charge is 2.35. The highest BCUT2D eigenvalue weighted by Crippen LogP contribution is 2.36. The maximum absolute atomic E-state index is 12.9. The number of hydrogen-bond acceptors (Lipinski definition) is 4. The Balaban J connectivity index is 1.45. The molecule has 1 aliphatic heterocycles. The Morgan fingerprint density at radius 3 is 2.08 bits per heavy atom. The quantitative estimate of drug-likeness (QED) is 0.368. The summed E-state index contributed by atoms with van der Waals surface area (Å²) in [5.74, 6) is 0.320. The fourth-order valence-electron chi connectivity index (χ4n) is 5.39. The summed E-state index contributed by atoms with van der Waals surface area (Å²) in [5, 5.41) is 20.2. The molecule has 36 heavy (non-hydrogen) atoms. The van der Waals surface area contributed by atoms with Gasteiger partial charge in [-0.3, -0.25) is 9.69 Å². The molecule has 1 fully saturated rings. The summed E-state index contributed by atoms with van der Waals surface area (Å²) < 4.78 is 0. The second-order valence-corrected chi connectivity index (χ2v) is 10.7. The lowest BCUT2D eigenvalue weighted by atomic mass is 9.79. The van der Waals surface area contributed by atoms with E-state index in [-0.39, 0.29) is 35.9 Å². The summed E-state index contributed by atoms with van der Waals surface area (Å²) in [6, 6.07) is 29.0. The molecule has 4 rings (SSSR count). The van der Waals surface area contributed by atoms with Gasteiger partial charge >= 0.3 is 0 Å². The van der Waals surface area contributed by atoms with E-state index in [0.717, 1.165) is 43.5 Å². The van der Waals surface area contributed by atoms with Crippen LogP contribution in [0.1, 0.15) is 72.5 Å². The van der Waals surface area contributed by atoms with E-state index < -0.39 is 0 Å². The zero-order valence-electron chi connectivity index (χ0n) is 21.5. The minimum absolute atomic E-state index is 0.0684. The van der Waals surface area contributed by atoms with Crippen molar-refractivity contribution >= 4 is 5.78 Å². The number of likely N-dealkylation sites (tertiary alicyclic amines) is 1. The van der Waals surface area contributed by atoms with Crippen molar-refractivity contribution in [3.63, 3.8) is 0 Å². The van der Waals surface area contributed by atoms with E-state index >= 15 is 0 Å². The largest absolute Gasteiger partial charge is 0.395 e. The van der Waals surface area contributed by atoms with Crippen LogP contribution in [0.15, 0.2) is 84.9 Å². The van der Waals surface area contributed by atoms with Crippen molar-refractivity contribution in [1.82, 2.24) is 4.90 Å². The molecule has 1 heterocycles. The minimum Gasteiger partial charge on any atom is -0.395 e. The van der Waals surface area contributed by atoms with Crippen LogP contribution in [-0.2, 0) is 5.41 Å². The number of hydrogen-bond donors (Lipinski definition) is 2. The molecular formula is C32H39NO3. The monoisotopic (exact) mass is 485 g/mol. The smallest absolute Gasteiger partial charge is 0.162 e. The fraction of sp³-hybridized carbons (Fsp3) is 0.406. The standard InChI is InChI=1S/C32H39NO3/c1-32(2,23-34)27-17-15-24(16-18-27)30(36)14-9-20-33-21-19-28(35)22-29(33)31(25-10-5-3-6-11-25)26-12-7-4-8-13-26/h3-8,10-13,15-18,28-29,31,34-35H,9,14,19-23H2,1-2H3. The van der Waals surface area contributed by atoms with Gasteiger partial charge in [0.05, 0.1) is 12.7 Å². The number of piperidine rings is 1. The summed E-state index contributed by atoms with van der Waals surface area (Å²) in [4.78, 5) is 15.4. The van der Waals surface area contributed by atoms with Crippen LogP contribution in [0.5, 0.6) is 0 Å². The van der Waals surface area contributed by atoms with Crippen molar-refractivity contribution in [1.29, 1.82) is 0 Å². The average Bonchev–Trinajstić information content (AvgIpc) is 2.91. The SMILES string of the molecule is CC(C)(CO)c1ccc(C(=O)CCCN2CCC(O)CC2C(c2ccccc2)c2ccccc2)cc1. The van der Waals surface area contributed by atoms with Gasteiger partial charge in [0.2, 0.25) is 0 Å². The van der Waals surface area contributed by atoms with Crippen molar-refractivity contribution in [2.45, 2.75) is 63.0 Å². The number of ketones is 1. The van der Waals surface area contributed by atoms with Crippen LogP contribution in [-0.4, -0.2) is 52.7 Å². The average molecular weight is 486 g/mol. The topological polar surface area (TPSA) is 60.8 Å². The molecule has 4 heteroatoms. The molecule has 190 valence electrons. The Kier molecular flexibility index (Phi) is 8.73. The minimum atomic E-state index is -0.316.